The van der Waals surface area contributed by atoms with E-state index < -0.39 is 0 Å². The van der Waals surface area contributed by atoms with Crippen molar-refractivity contribution >= 4 is 11.6 Å². The van der Waals surface area contributed by atoms with Crippen molar-refractivity contribution in [3.8, 4) is 11.1 Å². The number of hydrogen-bond donors (Lipinski definition) is 1. The first kappa shape index (κ1) is 19.6. The Morgan fingerprint density at radius 2 is 1.29 bits per heavy atom. The molecule has 0 atom stereocenters. The van der Waals surface area contributed by atoms with Crippen LogP contribution in [0.3, 0.4) is 0 Å². The summed E-state index contributed by atoms with van der Waals surface area (Å²) >= 11 is 0. The summed E-state index contributed by atoms with van der Waals surface area (Å²) in [6.07, 6.45) is 0. The van der Waals surface area contributed by atoms with Gasteiger partial charge >= 0.3 is 0 Å². The van der Waals surface area contributed by atoms with Gasteiger partial charge in [-0.1, -0.05) is 87.5 Å². The van der Waals surface area contributed by atoms with Crippen LogP contribution in [-0.2, 0) is 5.41 Å². The maximum absolute atomic E-state index is 12.4. The van der Waals surface area contributed by atoms with Gasteiger partial charge in [-0.25, -0.2) is 5.43 Å². The van der Waals surface area contributed by atoms with Gasteiger partial charge in [0, 0.05) is 5.56 Å². The van der Waals surface area contributed by atoms with E-state index in [1.807, 2.05) is 61.5 Å². The molecule has 0 spiro atoms. The zero-order valence-electron chi connectivity index (χ0n) is 16.9. The molecule has 3 aromatic rings. The number of nitrogens with one attached hydrogen (secondary N) is 1. The van der Waals surface area contributed by atoms with Crippen molar-refractivity contribution in [2.75, 3.05) is 0 Å². The molecule has 3 nitrogen and oxygen atoms in total. The quantitative estimate of drug-likeness (QED) is 0.457. The molecule has 0 saturated heterocycles. The van der Waals surface area contributed by atoms with Gasteiger partial charge in [-0.15, -0.1) is 0 Å². The Morgan fingerprint density at radius 1 is 0.750 bits per heavy atom. The number of hydrogen-bond acceptors (Lipinski definition) is 2. The van der Waals surface area contributed by atoms with Crippen LogP contribution in [0.1, 0.15) is 49.2 Å². The van der Waals surface area contributed by atoms with Crippen LogP contribution >= 0.6 is 0 Å². The van der Waals surface area contributed by atoms with E-state index in [4.69, 9.17) is 0 Å². The average molecular weight is 370 g/mol. The van der Waals surface area contributed by atoms with Gasteiger partial charge in [0.05, 0.1) is 5.71 Å². The molecule has 3 aromatic carbocycles. The van der Waals surface area contributed by atoms with Gasteiger partial charge in [0.25, 0.3) is 5.91 Å². The smallest absolute Gasteiger partial charge is 0.267 e. The van der Waals surface area contributed by atoms with Gasteiger partial charge in [-0.05, 0) is 46.7 Å². The van der Waals surface area contributed by atoms with Gasteiger partial charge in [-0.3, -0.25) is 4.79 Å². The molecule has 0 fully saturated rings. The summed E-state index contributed by atoms with van der Waals surface area (Å²) in [6.45, 7) is 8.34. The summed E-state index contributed by atoms with van der Waals surface area (Å²) in [5.41, 5.74) is 8.58. The van der Waals surface area contributed by atoms with Crippen LogP contribution in [0.2, 0.25) is 0 Å². The molecule has 0 aromatic heterocycles. The predicted octanol–water partition coefficient (Wildman–Crippen LogP) is 5.81. The summed E-state index contributed by atoms with van der Waals surface area (Å²) in [6, 6.07) is 26.1. The second-order valence-electron chi connectivity index (χ2n) is 7.91. The Labute approximate surface area is 167 Å². The third kappa shape index (κ3) is 4.74. The summed E-state index contributed by atoms with van der Waals surface area (Å²) in [5.74, 6) is -0.208. The molecule has 142 valence electrons. The Kier molecular flexibility index (Phi) is 5.74. The lowest BCUT2D eigenvalue weighted by molar-refractivity contribution is 0.0955. The van der Waals surface area contributed by atoms with Crippen LogP contribution in [0.5, 0.6) is 0 Å². The third-order valence-electron chi connectivity index (χ3n) is 4.75. The van der Waals surface area contributed by atoms with E-state index in [1.165, 1.54) is 11.1 Å². The Morgan fingerprint density at radius 3 is 1.86 bits per heavy atom. The Hall–Kier alpha value is -3.20. The molecule has 0 saturated carbocycles. The second kappa shape index (κ2) is 8.22. The molecule has 0 aliphatic carbocycles. The molecular weight excluding hydrogens is 344 g/mol. The minimum Gasteiger partial charge on any atom is -0.267 e. The van der Waals surface area contributed by atoms with Gasteiger partial charge in [-0.2, -0.15) is 5.10 Å². The molecule has 3 heteroatoms. The van der Waals surface area contributed by atoms with Crippen molar-refractivity contribution in [2.45, 2.75) is 33.1 Å². The summed E-state index contributed by atoms with van der Waals surface area (Å²) in [5, 5.41) is 4.26. The van der Waals surface area contributed by atoms with E-state index in [-0.39, 0.29) is 11.3 Å². The van der Waals surface area contributed by atoms with Crippen molar-refractivity contribution in [3.05, 3.63) is 95.6 Å². The third-order valence-corrected chi connectivity index (χ3v) is 4.75. The molecule has 0 aliphatic rings. The molecule has 0 bridgehead atoms. The number of benzene rings is 3. The van der Waals surface area contributed by atoms with Crippen LogP contribution in [-0.4, -0.2) is 11.6 Å². The van der Waals surface area contributed by atoms with Crippen LogP contribution in [0.15, 0.2) is 84.0 Å². The number of nitrogens with zero attached hydrogens (tertiary/aromatic N) is 1. The SMILES string of the molecule is CC(=NNC(=O)c1ccc(C(C)(C)C)cc1)c1ccc(-c2ccccc2)cc1. The highest BCUT2D eigenvalue weighted by Gasteiger charge is 2.14. The van der Waals surface area contributed by atoms with Gasteiger partial charge in [0.1, 0.15) is 0 Å². The first-order valence-electron chi connectivity index (χ1n) is 9.45. The van der Waals surface area contributed by atoms with Crippen molar-refractivity contribution in [1.29, 1.82) is 0 Å². The predicted molar refractivity (Wildman–Crippen MR) is 117 cm³/mol. The number of carbonyl (C=O) groups excluding carboxylic acids is 1. The summed E-state index contributed by atoms with van der Waals surface area (Å²) in [4.78, 5) is 12.4. The molecule has 28 heavy (non-hydrogen) atoms. The van der Waals surface area contributed by atoms with E-state index >= 15 is 0 Å². The van der Waals surface area contributed by atoms with Gasteiger partial charge < -0.3 is 0 Å². The minimum atomic E-state index is -0.208. The van der Waals surface area contributed by atoms with Crippen molar-refractivity contribution in [1.82, 2.24) is 5.43 Å². The van der Waals surface area contributed by atoms with Crippen LogP contribution in [0, 0.1) is 0 Å². The Balaban J connectivity index is 1.67. The fourth-order valence-electron chi connectivity index (χ4n) is 2.92. The maximum atomic E-state index is 12.4. The topological polar surface area (TPSA) is 41.5 Å². The van der Waals surface area contributed by atoms with Gasteiger partial charge in [0.15, 0.2) is 0 Å². The molecule has 0 heterocycles. The zero-order chi connectivity index (χ0) is 20.1. The first-order valence-corrected chi connectivity index (χ1v) is 9.45. The molecule has 0 unspecified atom stereocenters. The second-order valence-corrected chi connectivity index (χ2v) is 7.91. The molecule has 1 N–H and O–H groups in total. The number of amides is 1. The lowest BCUT2D eigenvalue weighted by atomic mass is 9.87. The largest absolute Gasteiger partial charge is 0.271 e. The summed E-state index contributed by atoms with van der Waals surface area (Å²) in [7, 11) is 0. The number of hydrazone groups is 1. The van der Waals surface area contributed by atoms with Crippen LogP contribution < -0.4 is 5.43 Å². The highest BCUT2D eigenvalue weighted by molar-refractivity contribution is 6.01. The van der Waals surface area contributed by atoms with Gasteiger partial charge in [0.2, 0.25) is 0 Å². The monoisotopic (exact) mass is 370 g/mol. The first-order chi connectivity index (χ1) is 13.3. The van der Waals surface area contributed by atoms with Crippen molar-refractivity contribution < 1.29 is 4.79 Å². The average Bonchev–Trinajstić information content (AvgIpc) is 2.72. The minimum absolute atomic E-state index is 0.0651. The molecular formula is C25H26N2O. The highest BCUT2D eigenvalue weighted by atomic mass is 16.2. The normalized spacial score (nSPS) is 11.9. The van der Waals surface area contributed by atoms with Crippen LogP contribution in [0.25, 0.3) is 11.1 Å². The lowest BCUT2D eigenvalue weighted by Crippen LogP contribution is -2.20. The molecule has 0 radical (unpaired) electrons. The van der Waals surface area contributed by atoms with E-state index in [0.29, 0.717) is 5.56 Å². The van der Waals surface area contributed by atoms with E-state index in [1.54, 1.807) is 0 Å². The number of carbonyl (C=O) groups is 1. The van der Waals surface area contributed by atoms with Crippen molar-refractivity contribution in [3.63, 3.8) is 0 Å². The zero-order valence-corrected chi connectivity index (χ0v) is 16.9. The maximum Gasteiger partial charge on any atom is 0.271 e. The van der Waals surface area contributed by atoms with Crippen molar-refractivity contribution in [2.24, 2.45) is 5.10 Å². The van der Waals surface area contributed by atoms with E-state index in [0.717, 1.165) is 16.8 Å². The highest BCUT2D eigenvalue weighted by Crippen LogP contribution is 2.22. The standard InChI is InChI=1S/C25H26N2O/c1-18(19-10-12-21(13-11-19)20-8-6-5-7-9-20)26-27-24(28)22-14-16-23(17-15-22)25(2,3)4/h5-17H,1-4H3,(H,27,28). The lowest BCUT2D eigenvalue weighted by Gasteiger charge is -2.18. The molecule has 0 aliphatic heterocycles. The fourth-order valence-corrected chi connectivity index (χ4v) is 2.92. The van der Waals surface area contributed by atoms with E-state index in [9.17, 15) is 4.79 Å². The summed E-state index contributed by atoms with van der Waals surface area (Å²) < 4.78 is 0. The molecule has 1 amide bonds. The Bertz CT molecular complexity index is 964. The number of rotatable bonds is 4. The van der Waals surface area contributed by atoms with Crippen LogP contribution in [0.4, 0.5) is 0 Å². The molecule has 3 rings (SSSR count). The fraction of sp³-hybridized carbons (Fsp3) is 0.200. The van der Waals surface area contributed by atoms with E-state index in [2.05, 4.69) is 55.6 Å².